The van der Waals surface area contributed by atoms with Gasteiger partial charge < -0.3 is 14.5 Å². The number of hydrogen-bond acceptors (Lipinski definition) is 7. The maximum atomic E-state index is 12.1. The molecule has 29 heavy (non-hydrogen) atoms. The van der Waals surface area contributed by atoms with Crippen molar-refractivity contribution >= 4 is 38.6 Å². The van der Waals surface area contributed by atoms with E-state index in [0.717, 1.165) is 6.07 Å². The number of esters is 1. The largest absolute Gasteiger partial charge is 0.450 e. The molecule has 0 radical (unpaired) electrons. The molecule has 0 bridgehead atoms. The summed E-state index contributed by atoms with van der Waals surface area (Å²) in [6.07, 6.45) is 0. The SMILES string of the molecule is Cc1ccc(NC(=O)COC(=O)c2cc(=O)c3ccccc3o2)cc1S(N)(=O)=O. The summed E-state index contributed by atoms with van der Waals surface area (Å²) in [5, 5.41) is 7.84. The zero-order chi connectivity index (χ0) is 21.2. The van der Waals surface area contributed by atoms with Crippen LogP contribution in [0.2, 0.25) is 0 Å². The van der Waals surface area contributed by atoms with Gasteiger partial charge in [0, 0.05) is 11.8 Å². The van der Waals surface area contributed by atoms with Crippen LogP contribution in [-0.2, 0) is 19.6 Å². The number of nitrogens with one attached hydrogen (secondary N) is 1. The number of aryl methyl sites for hydroxylation is 1. The number of rotatable bonds is 5. The van der Waals surface area contributed by atoms with Gasteiger partial charge in [-0.25, -0.2) is 18.4 Å². The molecule has 3 rings (SSSR count). The Morgan fingerprint density at radius 3 is 2.59 bits per heavy atom. The van der Waals surface area contributed by atoms with Crippen LogP contribution in [0.5, 0.6) is 0 Å². The lowest BCUT2D eigenvalue weighted by Gasteiger charge is -2.09. The number of anilines is 1. The van der Waals surface area contributed by atoms with Crippen molar-refractivity contribution in [2.45, 2.75) is 11.8 Å². The third kappa shape index (κ3) is 4.68. The Morgan fingerprint density at radius 2 is 1.86 bits per heavy atom. The molecule has 1 aromatic heterocycles. The molecule has 150 valence electrons. The van der Waals surface area contributed by atoms with Gasteiger partial charge in [0.2, 0.25) is 15.8 Å². The van der Waals surface area contributed by atoms with Gasteiger partial charge in [0.15, 0.2) is 12.0 Å². The van der Waals surface area contributed by atoms with Crippen LogP contribution in [0.3, 0.4) is 0 Å². The van der Waals surface area contributed by atoms with Gasteiger partial charge in [-0.05, 0) is 36.8 Å². The molecule has 0 saturated carbocycles. The Hall–Kier alpha value is -3.50. The minimum absolute atomic E-state index is 0.134. The van der Waals surface area contributed by atoms with E-state index in [4.69, 9.17) is 14.3 Å². The van der Waals surface area contributed by atoms with E-state index in [-0.39, 0.29) is 21.9 Å². The molecule has 3 N–H and O–H groups in total. The molecule has 2 aromatic carbocycles. The first-order chi connectivity index (χ1) is 13.6. The molecule has 1 amide bonds. The number of sulfonamides is 1. The minimum Gasteiger partial charge on any atom is -0.450 e. The lowest BCUT2D eigenvalue weighted by Crippen LogP contribution is -2.22. The second-order valence-corrected chi connectivity index (χ2v) is 7.65. The van der Waals surface area contributed by atoms with Crippen molar-refractivity contribution in [1.29, 1.82) is 0 Å². The van der Waals surface area contributed by atoms with E-state index in [2.05, 4.69) is 5.32 Å². The molecule has 10 heteroatoms. The molecule has 0 unspecified atom stereocenters. The van der Waals surface area contributed by atoms with Crippen molar-refractivity contribution in [2.24, 2.45) is 5.14 Å². The summed E-state index contributed by atoms with van der Waals surface area (Å²) in [5.74, 6) is -2.05. The predicted molar refractivity (Wildman–Crippen MR) is 104 cm³/mol. The van der Waals surface area contributed by atoms with Gasteiger partial charge in [-0.1, -0.05) is 18.2 Å². The van der Waals surface area contributed by atoms with Crippen LogP contribution in [0.4, 0.5) is 5.69 Å². The number of amides is 1. The highest BCUT2D eigenvalue weighted by molar-refractivity contribution is 7.89. The second-order valence-electron chi connectivity index (χ2n) is 6.12. The Bertz CT molecular complexity index is 1280. The van der Waals surface area contributed by atoms with Gasteiger partial charge in [-0.2, -0.15) is 0 Å². The van der Waals surface area contributed by atoms with Crippen LogP contribution in [0, 0.1) is 6.92 Å². The molecule has 0 aliphatic heterocycles. The molecule has 0 aliphatic rings. The highest BCUT2D eigenvalue weighted by atomic mass is 32.2. The van der Waals surface area contributed by atoms with Crippen molar-refractivity contribution in [1.82, 2.24) is 0 Å². The average molecular weight is 416 g/mol. The molecule has 0 saturated heterocycles. The maximum absolute atomic E-state index is 12.1. The monoisotopic (exact) mass is 416 g/mol. The number of ether oxygens (including phenoxy) is 1. The summed E-state index contributed by atoms with van der Waals surface area (Å²) in [7, 11) is -3.95. The van der Waals surface area contributed by atoms with E-state index in [1.54, 1.807) is 25.1 Å². The highest BCUT2D eigenvalue weighted by Crippen LogP contribution is 2.19. The normalized spacial score (nSPS) is 11.2. The van der Waals surface area contributed by atoms with Crippen molar-refractivity contribution in [3.63, 3.8) is 0 Å². The van der Waals surface area contributed by atoms with Crippen LogP contribution in [0.1, 0.15) is 16.1 Å². The van der Waals surface area contributed by atoms with E-state index >= 15 is 0 Å². The zero-order valence-corrected chi connectivity index (χ0v) is 16.0. The minimum atomic E-state index is -3.95. The smallest absolute Gasteiger partial charge is 0.374 e. The first-order valence-electron chi connectivity index (χ1n) is 8.28. The summed E-state index contributed by atoms with van der Waals surface area (Å²) >= 11 is 0. The van der Waals surface area contributed by atoms with Crippen LogP contribution < -0.4 is 15.9 Å². The zero-order valence-electron chi connectivity index (χ0n) is 15.2. The molecule has 0 fully saturated rings. The van der Waals surface area contributed by atoms with Crippen LogP contribution in [0.15, 0.2) is 62.6 Å². The number of carbonyl (C=O) groups is 2. The fraction of sp³-hybridized carbons (Fsp3) is 0.105. The van der Waals surface area contributed by atoms with Crippen LogP contribution >= 0.6 is 0 Å². The van der Waals surface area contributed by atoms with Crippen LogP contribution in [-0.4, -0.2) is 26.9 Å². The lowest BCUT2D eigenvalue weighted by molar-refractivity contribution is -0.119. The number of para-hydroxylation sites is 1. The molecule has 0 atom stereocenters. The molecule has 3 aromatic rings. The van der Waals surface area contributed by atoms with Crippen LogP contribution in [0.25, 0.3) is 11.0 Å². The van der Waals surface area contributed by atoms with Gasteiger partial charge in [0.1, 0.15) is 5.58 Å². The third-order valence-electron chi connectivity index (χ3n) is 3.95. The van der Waals surface area contributed by atoms with Gasteiger partial charge >= 0.3 is 5.97 Å². The average Bonchev–Trinajstić information content (AvgIpc) is 2.66. The number of benzene rings is 2. The molecule has 0 spiro atoms. The van der Waals surface area contributed by atoms with E-state index in [0.29, 0.717) is 10.9 Å². The summed E-state index contributed by atoms with van der Waals surface area (Å²) in [6, 6.07) is 11.5. The highest BCUT2D eigenvalue weighted by Gasteiger charge is 2.17. The quantitative estimate of drug-likeness (QED) is 0.600. The summed E-state index contributed by atoms with van der Waals surface area (Å²) in [6.45, 7) is 0.887. The van der Waals surface area contributed by atoms with E-state index in [9.17, 15) is 22.8 Å². The van der Waals surface area contributed by atoms with E-state index < -0.39 is 33.9 Å². The Kier molecular flexibility index (Phi) is 5.48. The molecule has 9 nitrogen and oxygen atoms in total. The van der Waals surface area contributed by atoms with Crippen molar-refractivity contribution < 1.29 is 27.2 Å². The van der Waals surface area contributed by atoms with E-state index in [1.807, 2.05) is 0 Å². The number of fused-ring (bicyclic) bond motifs is 1. The second kappa shape index (κ2) is 7.86. The van der Waals surface area contributed by atoms with Gasteiger partial charge in [-0.3, -0.25) is 9.59 Å². The van der Waals surface area contributed by atoms with Crippen molar-refractivity contribution in [3.8, 4) is 0 Å². The fourth-order valence-electron chi connectivity index (χ4n) is 2.59. The van der Waals surface area contributed by atoms with E-state index in [1.165, 1.54) is 24.3 Å². The van der Waals surface area contributed by atoms with Gasteiger partial charge in [-0.15, -0.1) is 0 Å². The van der Waals surface area contributed by atoms with Crippen molar-refractivity contribution in [2.75, 3.05) is 11.9 Å². The standard InChI is InChI=1S/C19H16N2O7S/c1-11-6-7-12(8-17(11)29(20,25)26)21-18(23)10-27-19(24)16-9-14(22)13-4-2-3-5-15(13)28-16/h2-9H,10H2,1H3,(H,21,23)(H2,20,25,26). The van der Waals surface area contributed by atoms with Gasteiger partial charge in [0.25, 0.3) is 5.91 Å². The third-order valence-corrected chi connectivity index (χ3v) is 5.00. The topological polar surface area (TPSA) is 146 Å². The first-order valence-corrected chi connectivity index (χ1v) is 9.83. The first kappa shape index (κ1) is 20.2. The maximum Gasteiger partial charge on any atom is 0.374 e. The number of nitrogens with two attached hydrogens (primary N) is 1. The Morgan fingerprint density at radius 1 is 1.14 bits per heavy atom. The van der Waals surface area contributed by atoms with Gasteiger partial charge in [0.05, 0.1) is 10.3 Å². The Balaban J connectivity index is 1.68. The molecular weight excluding hydrogens is 400 g/mol. The number of primary sulfonamides is 1. The molecular formula is C19H16N2O7S. The molecule has 0 aliphatic carbocycles. The lowest BCUT2D eigenvalue weighted by atomic mass is 10.2. The van der Waals surface area contributed by atoms with Crippen molar-refractivity contribution in [3.05, 3.63) is 70.1 Å². The summed E-state index contributed by atoms with van der Waals surface area (Å²) in [4.78, 5) is 36.0. The number of hydrogen-bond donors (Lipinski definition) is 2. The number of carbonyl (C=O) groups excluding carboxylic acids is 2. The molecule has 1 heterocycles. The summed E-state index contributed by atoms with van der Waals surface area (Å²) in [5.41, 5.74) is 0.381. The fourth-order valence-corrected chi connectivity index (χ4v) is 3.40. The Labute approximate surface area is 165 Å². The predicted octanol–water partition coefficient (Wildman–Crippen LogP) is 1.54. The summed E-state index contributed by atoms with van der Waals surface area (Å²) < 4.78 is 33.3.